The second-order valence-electron chi connectivity index (χ2n) is 5.89. The van der Waals surface area contributed by atoms with Crippen molar-refractivity contribution in [2.45, 2.75) is 20.3 Å². The number of halogens is 1. The van der Waals surface area contributed by atoms with Crippen molar-refractivity contribution in [3.8, 4) is 5.69 Å². The summed E-state index contributed by atoms with van der Waals surface area (Å²) in [7, 11) is 0. The largest absolute Gasteiger partial charge is 0.352 e. The first kappa shape index (κ1) is 16.9. The highest BCUT2D eigenvalue weighted by Crippen LogP contribution is 2.17. The molecule has 0 radical (unpaired) electrons. The molecule has 0 aliphatic heterocycles. The van der Waals surface area contributed by atoms with Crippen molar-refractivity contribution < 1.29 is 9.18 Å². The molecule has 2 aromatic carbocycles. The zero-order valence-corrected chi connectivity index (χ0v) is 14.3. The fraction of sp³-hybridized carbons (Fsp3) is 0.200. The lowest BCUT2D eigenvalue weighted by atomic mass is 10.1. The molecule has 1 amide bonds. The van der Waals surface area contributed by atoms with Gasteiger partial charge in [-0.25, -0.2) is 9.07 Å². The van der Waals surface area contributed by atoms with Crippen LogP contribution in [0.1, 0.15) is 27.3 Å². The molecule has 3 aromatic rings. The van der Waals surface area contributed by atoms with E-state index in [9.17, 15) is 9.18 Å². The van der Waals surface area contributed by atoms with E-state index in [-0.39, 0.29) is 11.7 Å². The summed E-state index contributed by atoms with van der Waals surface area (Å²) >= 11 is 0. The average Bonchev–Trinajstić information content (AvgIpc) is 2.92. The lowest BCUT2D eigenvalue weighted by Gasteiger charge is -2.07. The number of aryl methyl sites for hydroxylation is 1. The molecule has 1 N–H and O–H groups in total. The quantitative estimate of drug-likeness (QED) is 0.773. The first-order chi connectivity index (χ1) is 12.1. The number of hydrogen-bond donors (Lipinski definition) is 1. The monoisotopic (exact) mass is 337 g/mol. The third kappa shape index (κ3) is 3.60. The zero-order chi connectivity index (χ0) is 17.8. The maximum atomic E-state index is 13.6. The standard InChI is InChI=1S/C20H20FN3O/c1-14-19(15(2)24(23-14)17-9-4-3-5-10-17)20(25)22-13-12-16-8-6-7-11-18(16)21/h3-11H,12-13H2,1-2H3,(H,22,25). The summed E-state index contributed by atoms with van der Waals surface area (Å²) in [5, 5.41) is 7.34. The predicted molar refractivity (Wildman–Crippen MR) is 95.5 cm³/mol. The van der Waals surface area contributed by atoms with Gasteiger partial charge in [0.2, 0.25) is 0 Å². The highest BCUT2D eigenvalue weighted by atomic mass is 19.1. The van der Waals surface area contributed by atoms with Crippen LogP contribution in [0.5, 0.6) is 0 Å². The molecule has 1 heterocycles. The van der Waals surface area contributed by atoms with Gasteiger partial charge in [-0.15, -0.1) is 0 Å². The Kier molecular flexibility index (Phi) is 4.93. The summed E-state index contributed by atoms with van der Waals surface area (Å²) in [6, 6.07) is 16.3. The Balaban J connectivity index is 1.72. The van der Waals surface area contributed by atoms with Crippen molar-refractivity contribution in [3.63, 3.8) is 0 Å². The summed E-state index contributed by atoms with van der Waals surface area (Å²) in [4.78, 5) is 12.5. The van der Waals surface area contributed by atoms with Crippen LogP contribution in [-0.2, 0) is 6.42 Å². The van der Waals surface area contributed by atoms with E-state index in [0.29, 0.717) is 29.8 Å². The number of hydrogen-bond acceptors (Lipinski definition) is 2. The average molecular weight is 337 g/mol. The van der Waals surface area contributed by atoms with Gasteiger partial charge in [0.1, 0.15) is 5.82 Å². The number of nitrogens with one attached hydrogen (secondary N) is 1. The summed E-state index contributed by atoms with van der Waals surface area (Å²) < 4.78 is 15.4. The Morgan fingerprint density at radius 1 is 1.08 bits per heavy atom. The van der Waals surface area contributed by atoms with E-state index in [4.69, 9.17) is 0 Å². The van der Waals surface area contributed by atoms with Crippen LogP contribution in [0.2, 0.25) is 0 Å². The third-order valence-electron chi connectivity index (χ3n) is 4.16. The molecule has 5 heteroatoms. The van der Waals surface area contributed by atoms with Crippen LogP contribution < -0.4 is 5.32 Å². The highest BCUT2D eigenvalue weighted by Gasteiger charge is 2.19. The first-order valence-corrected chi connectivity index (χ1v) is 8.21. The van der Waals surface area contributed by atoms with Crippen molar-refractivity contribution in [1.29, 1.82) is 0 Å². The lowest BCUT2D eigenvalue weighted by Crippen LogP contribution is -2.27. The van der Waals surface area contributed by atoms with Gasteiger partial charge >= 0.3 is 0 Å². The van der Waals surface area contributed by atoms with Crippen LogP contribution >= 0.6 is 0 Å². The molecule has 0 saturated heterocycles. The number of rotatable bonds is 5. The molecule has 0 atom stereocenters. The van der Waals surface area contributed by atoms with Crippen molar-refractivity contribution in [2.75, 3.05) is 6.54 Å². The summed E-state index contributed by atoms with van der Waals surface area (Å²) in [6.07, 6.45) is 0.448. The molecule has 0 bridgehead atoms. The normalized spacial score (nSPS) is 10.7. The van der Waals surface area contributed by atoms with Crippen molar-refractivity contribution in [3.05, 3.63) is 82.9 Å². The van der Waals surface area contributed by atoms with Crippen LogP contribution in [0.4, 0.5) is 4.39 Å². The van der Waals surface area contributed by atoms with E-state index in [0.717, 1.165) is 11.4 Å². The van der Waals surface area contributed by atoms with Gasteiger partial charge in [-0.2, -0.15) is 5.10 Å². The van der Waals surface area contributed by atoms with E-state index in [2.05, 4.69) is 10.4 Å². The molecule has 0 aliphatic carbocycles. The fourth-order valence-corrected chi connectivity index (χ4v) is 2.89. The van der Waals surface area contributed by atoms with E-state index < -0.39 is 0 Å². The molecule has 0 saturated carbocycles. The van der Waals surface area contributed by atoms with E-state index in [1.807, 2.05) is 44.2 Å². The van der Waals surface area contributed by atoms with Gasteiger partial charge in [0.05, 0.1) is 22.6 Å². The molecule has 0 aliphatic rings. The second-order valence-corrected chi connectivity index (χ2v) is 5.89. The number of para-hydroxylation sites is 1. The molecule has 3 rings (SSSR count). The van der Waals surface area contributed by atoms with Crippen molar-refractivity contribution in [1.82, 2.24) is 15.1 Å². The SMILES string of the molecule is Cc1nn(-c2ccccc2)c(C)c1C(=O)NCCc1ccccc1F. The van der Waals surface area contributed by atoms with Crippen LogP contribution in [0.3, 0.4) is 0 Å². The van der Waals surface area contributed by atoms with Gasteiger partial charge in [-0.1, -0.05) is 36.4 Å². The van der Waals surface area contributed by atoms with Crippen LogP contribution in [0.15, 0.2) is 54.6 Å². The first-order valence-electron chi connectivity index (χ1n) is 8.21. The number of aromatic nitrogens is 2. The molecule has 0 unspecified atom stereocenters. The summed E-state index contributed by atoms with van der Waals surface area (Å²) in [6.45, 7) is 4.06. The molecular formula is C20H20FN3O. The Morgan fingerprint density at radius 2 is 1.76 bits per heavy atom. The Labute approximate surface area is 146 Å². The van der Waals surface area contributed by atoms with Gasteiger partial charge in [0.25, 0.3) is 5.91 Å². The number of carbonyl (C=O) groups is 1. The third-order valence-corrected chi connectivity index (χ3v) is 4.16. The minimum Gasteiger partial charge on any atom is -0.352 e. The molecule has 4 nitrogen and oxygen atoms in total. The van der Waals surface area contributed by atoms with Crippen molar-refractivity contribution >= 4 is 5.91 Å². The number of benzene rings is 2. The molecule has 1 aromatic heterocycles. The zero-order valence-electron chi connectivity index (χ0n) is 14.3. The topological polar surface area (TPSA) is 46.9 Å². The molecule has 128 valence electrons. The number of amides is 1. The number of nitrogens with zero attached hydrogens (tertiary/aromatic N) is 2. The predicted octanol–water partition coefficient (Wildman–Crippen LogP) is 3.60. The van der Waals surface area contributed by atoms with Gasteiger partial charge < -0.3 is 5.32 Å². The minimum absolute atomic E-state index is 0.187. The minimum atomic E-state index is -0.249. The van der Waals surface area contributed by atoms with E-state index in [1.165, 1.54) is 6.07 Å². The Bertz CT molecular complexity index is 887. The van der Waals surface area contributed by atoms with Gasteiger partial charge in [0, 0.05) is 6.54 Å². The lowest BCUT2D eigenvalue weighted by molar-refractivity contribution is 0.0953. The van der Waals surface area contributed by atoms with Gasteiger partial charge in [0.15, 0.2) is 0 Å². The van der Waals surface area contributed by atoms with Crippen molar-refractivity contribution in [2.24, 2.45) is 0 Å². The second kappa shape index (κ2) is 7.30. The molecule has 25 heavy (non-hydrogen) atoms. The van der Waals surface area contributed by atoms with Gasteiger partial charge in [-0.05, 0) is 44.0 Å². The fourth-order valence-electron chi connectivity index (χ4n) is 2.89. The van der Waals surface area contributed by atoms with Crippen LogP contribution in [0, 0.1) is 19.7 Å². The maximum absolute atomic E-state index is 13.6. The van der Waals surface area contributed by atoms with Crippen LogP contribution in [0.25, 0.3) is 5.69 Å². The summed E-state index contributed by atoms with van der Waals surface area (Å²) in [5.41, 5.74) is 3.53. The smallest absolute Gasteiger partial charge is 0.255 e. The summed E-state index contributed by atoms with van der Waals surface area (Å²) in [5.74, 6) is -0.436. The van der Waals surface area contributed by atoms with E-state index in [1.54, 1.807) is 22.9 Å². The molecule has 0 spiro atoms. The van der Waals surface area contributed by atoms with Crippen LogP contribution in [-0.4, -0.2) is 22.2 Å². The Morgan fingerprint density at radius 3 is 2.48 bits per heavy atom. The maximum Gasteiger partial charge on any atom is 0.255 e. The molecule has 0 fully saturated rings. The van der Waals surface area contributed by atoms with Gasteiger partial charge in [-0.3, -0.25) is 4.79 Å². The highest BCUT2D eigenvalue weighted by molar-refractivity contribution is 5.96. The molecular weight excluding hydrogens is 317 g/mol. The number of carbonyl (C=O) groups excluding carboxylic acids is 1. The Hall–Kier alpha value is -2.95. The van der Waals surface area contributed by atoms with E-state index >= 15 is 0 Å².